The molecule has 0 bridgehead atoms. The van der Waals surface area contributed by atoms with E-state index in [2.05, 4.69) is 49.7 Å². The van der Waals surface area contributed by atoms with Crippen LogP contribution in [0.5, 0.6) is 0 Å². The van der Waals surface area contributed by atoms with Crippen LogP contribution in [-0.2, 0) is 0 Å². The van der Waals surface area contributed by atoms with E-state index in [-0.39, 0.29) is 5.54 Å². The summed E-state index contributed by atoms with van der Waals surface area (Å²) in [5.74, 6) is 0. The molecule has 1 rings (SSSR count). The van der Waals surface area contributed by atoms with E-state index < -0.39 is 0 Å². The molecule has 1 N–H and O–H groups in total. The molecule has 0 aromatic carbocycles. The van der Waals surface area contributed by atoms with Crippen LogP contribution < -0.4 is 5.32 Å². The Hall–Kier alpha value is -0.120. The number of rotatable bonds is 23. The Bertz CT molecular complexity index is 420. The van der Waals surface area contributed by atoms with Crippen molar-refractivity contribution in [3.05, 3.63) is 0 Å². The zero-order valence-corrected chi connectivity index (χ0v) is 24.4. The Kier molecular flexibility index (Phi) is 19.7. The molecule has 204 valence electrons. The SMILES string of the molecule is CCCCCCCCN1CCCNC1C(C)(C)N(CCCCCCCC)CCCCCCCC. The van der Waals surface area contributed by atoms with Gasteiger partial charge in [-0.25, -0.2) is 0 Å². The van der Waals surface area contributed by atoms with Crippen LogP contribution in [0.25, 0.3) is 0 Å². The van der Waals surface area contributed by atoms with Crippen LogP contribution in [0.4, 0.5) is 0 Å². The average molecular weight is 480 g/mol. The summed E-state index contributed by atoms with van der Waals surface area (Å²) in [7, 11) is 0. The number of nitrogens with one attached hydrogen (secondary N) is 1. The van der Waals surface area contributed by atoms with E-state index in [1.54, 1.807) is 0 Å². The van der Waals surface area contributed by atoms with Crippen molar-refractivity contribution in [2.24, 2.45) is 0 Å². The normalized spacial score (nSPS) is 17.6. The molecule has 34 heavy (non-hydrogen) atoms. The number of hydrogen-bond acceptors (Lipinski definition) is 3. The minimum Gasteiger partial charge on any atom is -0.300 e. The van der Waals surface area contributed by atoms with Gasteiger partial charge in [0.25, 0.3) is 0 Å². The summed E-state index contributed by atoms with van der Waals surface area (Å²) in [6.45, 7) is 18.3. The molecule has 1 heterocycles. The van der Waals surface area contributed by atoms with Crippen LogP contribution in [0.1, 0.15) is 157 Å². The minimum absolute atomic E-state index is 0.190. The van der Waals surface area contributed by atoms with E-state index in [9.17, 15) is 0 Å². The lowest BCUT2D eigenvalue weighted by atomic mass is 9.93. The van der Waals surface area contributed by atoms with E-state index in [0.29, 0.717) is 6.17 Å². The highest BCUT2D eigenvalue weighted by Gasteiger charge is 2.39. The standard InChI is InChI=1S/C31H65N3/c1-6-9-12-15-18-21-26-33-27-24-25-32-30(33)31(4,5)34(28-22-19-16-13-10-7-2)29-23-20-17-14-11-8-3/h30,32H,6-29H2,1-5H3. The first-order valence-corrected chi connectivity index (χ1v) is 15.8. The average Bonchev–Trinajstić information content (AvgIpc) is 2.84. The Labute approximate surface area is 216 Å². The summed E-state index contributed by atoms with van der Waals surface area (Å²) < 4.78 is 0. The van der Waals surface area contributed by atoms with Crippen LogP contribution in [0.2, 0.25) is 0 Å². The molecule has 1 atom stereocenters. The second-order valence-corrected chi connectivity index (χ2v) is 11.7. The quantitative estimate of drug-likeness (QED) is 0.148. The van der Waals surface area contributed by atoms with Gasteiger partial charge in [-0.05, 0) is 65.7 Å². The van der Waals surface area contributed by atoms with Crippen molar-refractivity contribution < 1.29 is 0 Å². The molecule has 0 aliphatic carbocycles. The fourth-order valence-corrected chi connectivity index (χ4v) is 5.84. The van der Waals surface area contributed by atoms with Gasteiger partial charge in [-0.3, -0.25) is 9.80 Å². The number of unbranched alkanes of at least 4 members (excludes halogenated alkanes) is 15. The molecular formula is C31H65N3. The van der Waals surface area contributed by atoms with E-state index in [0.717, 1.165) is 0 Å². The molecule has 1 fully saturated rings. The van der Waals surface area contributed by atoms with Crippen molar-refractivity contribution in [3.8, 4) is 0 Å². The summed E-state index contributed by atoms with van der Waals surface area (Å²) in [5, 5.41) is 3.97. The third-order valence-electron chi connectivity index (χ3n) is 8.17. The zero-order valence-electron chi connectivity index (χ0n) is 24.4. The van der Waals surface area contributed by atoms with Crippen molar-refractivity contribution >= 4 is 0 Å². The van der Waals surface area contributed by atoms with Gasteiger partial charge in [0.2, 0.25) is 0 Å². The van der Waals surface area contributed by atoms with Crippen LogP contribution in [0, 0.1) is 0 Å². The molecule has 1 unspecified atom stereocenters. The van der Waals surface area contributed by atoms with Gasteiger partial charge >= 0.3 is 0 Å². The second kappa shape index (κ2) is 21.0. The Morgan fingerprint density at radius 1 is 0.647 bits per heavy atom. The van der Waals surface area contributed by atoms with Crippen LogP contribution in [0.15, 0.2) is 0 Å². The highest BCUT2D eigenvalue weighted by molar-refractivity contribution is 4.95. The lowest BCUT2D eigenvalue weighted by molar-refractivity contribution is -0.0158. The predicted octanol–water partition coefficient (Wildman–Crippen LogP) is 8.77. The van der Waals surface area contributed by atoms with Crippen molar-refractivity contribution in [1.82, 2.24) is 15.1 Å². The molecule has 0 saturated carbocycles. The first-order valence-electron chi connectivity index (χ1n) is 15.8. The monoisotopic (exact) mass is 480 g/mol. The van der Waals surface area contributed by atoms with Crippen LogP contribution in [0.3, 0.4) is 0 Å². The van der Waals surface area contributed by atoms with Crippen molar-refractivity contribution in [2.75, 3.05) is 32.7 Å². The molecule has 0 aromatic heterocycles. The van der Waals surface area contributed by atoms with E-state index in [1.165, 1.54) is 155 Å². The van der Waals surface area contributed by atoms with Gasteiger partial charge < -0.3 is 5.32 Å². The van der Waals surface area contributed by atoms with Crippen molar-refractivity contribution in [2.45, 2.75) is 168 Å². The lowest BCUT2D eigenvalue weighted by Gasteiger charge is -2.51. The topological polar surface area (TPSA) is 18.5 Å². The van der Waals surface area contributed by atoms with Crippen molar-refractivity contribution in [1.29, 1.82) is 0 Å². The second-order valence-electron chi connectivity index (χ2n) is 11.7. The fraction of sp³-hybridized carbons (Fsp3) is 1.00. The van der Waals surface area contributed by atoms with E-state index in [4.69, 9.17) is 0 Å². The summed E-state index contributed by atoms with van der Waals surface area (Å²) >= 11 is 0. The Morgan fingerprint density at radius 3 is 1.59 bits per heavy atom. The molecule has 1 saturated heterocycles. The molecule has 0 spiro atoms. The maximum absolute atomic E-state index is 3.97. The third-order valence-corrected chi connectivity index (χ3v) is 8.17. The minimum atomic E-state index is 0.190. The summed E-state index contributed by atoms with van der Waals surface area (Å²) in [6.07, 6.45) is 26.9. The summed E-state index contributed by atoms with van der Waals surface area (Å²) in [4.78, 5) is 5.68. The molecule has 1 aliphatic heterocycles. The number of nitrogens with zero attached hydrogens (tertiary/aromatic N) is 2. The largest absolute Gasteiger partial charge is 0.300 e. The maximum atomic E-state index is 3.97. The maximum Gasteiger partial charge on any atom is 0.0781 e. The van der Waals surface area contributed by atoms with Crippen LogP contribution >= 0.6 is 0 Å². The first-order chi connectivity index (χ1) is 16.6. The molecule has 1 aliphatic rings. The predicted molar refractivity (Wildman–Crippen MR) is 154 cm³/mol. The lowest BCUT2D eigenvalue weighted by Crippen LogP contribution is -2.67. The van der Waals surface area contributed by atoms with Gasteiger partial charge in [0.05, 0.1) is 6.17 Å². The van der Waals surface area contributed by atoms with E-state index in [1.807, 2.05) is 0 Å². The zero-order chi connectivity index (χ0) is 24.9. The molecule has 0 radical (unpaired) electrons. The fourth-order valence-electron chi connectivity index (χ4n) is 5.84. The van der Waals surface area contributed by atoms with Crippen molar-refractivity contribution in [3.63, 3.8) is 0 Å². The van der Waals surface area contributed by atoms with Gasteiger partial charge in [0, 0.05) is 12.1 Å². The van der Waals surface area contributed by atoms with Gasteiger partial charge in [0.1, 0.15) is 0 Å². The molecule has 3 heteroatoms. The third kappa shape index (κ3) is 13.8. The summed E-state index contributed by atoms with van der Waals surface area (Å²) in [6, 6.07) is 0. The van der Waals surface area contributed by atoms with Gasteiger partial charge in [-0.2, -0.15) is 0 Å². The Balaban J connectivity index is 2.63. The van der Waals surface area contributed by atoms with Gasteiger partial charge in [-0.15, -0.1) is 0 Å². The molecule has 0 amide bonds. The Morgan fingerprint density at radius 2 is 1.09 bits per heavy atom. The van der Waals surface area contributed by atoms with Gasteiger partial charge in [0.15, 0.2) is 0 Å². The highest BCUT2D eigenvalue weighted by Crippen LogP contribution is 2.26. The first kappa shape index (κ1) is 31.9. The molecule has 3 nitrogen and oxygen atoms in total. The van der Waals surface area contributed by atoms with Gasteiger partial charge in [-0.1, -0.05) is 117 Å². The summed E-state index contributed by atoms with van der Waals surface area (Å²) in [5.41, 5.74) is 0.190. The van der Waals surface area contributed by atoms with E-state index >= 15 is 0 Å². The number of hydrogen-bond donors (Lipinski definition) is 1. The highest BCUT2D eigenvalue weighted by atomic mass is 15.4. The molecular weight excluding hydrogens is 414 g/mol. The molecule has 0 aromatic rings. The van der Waals surface area contributed by atoms with Crippen LogP contribution in [-0.4, -0.2) is 54.2 Å². The smallest absolute Gasteiger partial charge is 0.0781 e.